The Bertz CT molecular complexity index is 539. The molecule has 0 radical (unpaired) electrons. The predicted molar refractivity (Wildman–Crippen MR) is 114 cm³/mol. The van der Waals surface area contributed by atoms with Crippen LogP contribution < -0.4 is 10.1 Å². The maximum atomic E-state index is 5.99. The first-order valence-corrected chi connectivity index (χ1v) is 8.95. The van der Waals surface area contributed by atoms with Crippen molar-refractivity contribution in [2.45, 2.75) is 26.4 Å². The Hall–Kier alpha value is -0.730. The van der Waals surface area contributed by atoms with E-state index in [0.29, 0.717) is 17.5 Å². The molecule has 5 nitrogen and oxygen atoms in total. The minimum Gasteiger partial charge on any atom is -0.489 e. The van der Waals surface area contributed by atoms with Gasteiger partial charge in [-0.2, -0.15) is 0 Å². The van der Waals surface area contributed by atoms with Crippen molar-refractivity contribution in [2.75, 3.05) is 39.9 Å². The second kappa shape index (κ2) is 11.8. The van der Waals surface area contributed by atoms with Crippen LogP contribution in [0.2, 0.25) is 5.02 Å². The van der Waals surface area contributed by atoms with Crippen molar-refractivity contribution in [3.8, 4) is 5.75 Å². The number of ether oxygens (including phenoxy) is 2. The van der Waals surface area contributed by atoms with Crippen molar-refractivity contribution in [1.82, 2.24) is 10.2 Å². The van der Waals surface area contributed by atoms with E-state index in [4.69, 9.17) is 26.1 Å². The first-order chi connectivity index (χ1) is 11.6. The van der Waals surface area contributed by atoms with E-state index in [1.54, 1.807) is 0 Å². The van der Waals surface area contributed by atoms with E-state index in [1.165, 1.54) is 0 Å². The number of nitrogens with zero attached hydrogens (tertiary/aromatic N) is 2. The zero-order chi connectivity index (χ0) is 17.4. The highest BCUT2D eigenvalue weighted by Crippen LogP contribution is 2.18. The summed E-state index contributed by atoms with van der Waals surface area (Å²) in [5.74, 6) is 2.26. The summed E-state index contributed by atoms with van der Waals surface area (Å²) in [4.78, 5) is 6.88. The molecule has 7 heteroatoms. The van der Waals surface area contributed by atoms with Crippen molar-refractivity contribution in [3.05, 3.63) is 29.3 Å². The third-order valence-corrected chi connectivity index (χ3v) is 4.12. The summed E-state index contributed by atoms with van der Waals surface area (Å²) in [7, 11) is 2.07. The summed E-state index contributed by atoms with van der Waals surface area (Å²) in [5, 5.41) is 4.02. The van der Waals surface area contributed by atoms with Gasteiger partial charge in [-0.25, -0.2) is 4.99 Å². The second-order valence-electron chi connectivity index (χ2n) is 6.19. The lowest BCUT2D eigenvalue weighted by Crippen LogP contribution is -2.42. The molecule has 0 saturated carbocycles. The van der Waals surface area contributed by atoms with Crippen LogP contribution in [0.15, 0.2) is 29.3 Å². The Kier molecular flexibility index (Phi) is 10.5. The topological polar surface area (TPSA) is 46.1 Å². The van der Waals surface area contributed by atoms with E-state index in [9.17, 15) is 0 Å². The van der Waals surface area contributed by atoms with Gasteiger partial charge in [0.2, 0.25) is 0 Å². The first kappa shape index (κ1) is 22.3. The molecule has 142 valence electrons. The standard InChI is InChI=1S/C18H28ClN3O2.HI/c1-4-20-18(22(3)12-15-8-9-23-13-15)21-11-14(2)24-17-7-5-6-16(19)10-17;/h5-7,10,14-15H,4,8-9,11-13H2,1-3H3,(H,20,21);1H. The Morgan fingerprint density at radius 3 is 2.96 bits per heavy atom. The predicted octanol–water partition coefficient (Wildman–Crippen LogP) is 3.66. The molecule has 1 aromatic carbocycles. The van der Waals surface area contributed by atoms with Gasteiger partial charge in [-0.05, 0) is 38.5 Å². The van der Waals surface area contributed by atoms with Gasteiger partial charge in [-0.15, -0.1) is 24.0 Å². The summed E-state index contributed by atoms with van der Waals surface area (Å²) in [6.45, 7) is 8.19. The number of guanidine groups is 1. The van der Waals surface area contributed by atoms with E-state index >= 15 is 0 Å². The molecule has 0 bridgehead atoms. The molecule has 0 spiro atoms. The SMILES string of the molecule is CCNC(=NCC(C)Oc1cccc(Cl)c1)N(C)CC1CCOC1.I. The highest BCUT2D eigenvalue weighted by Gasteiger charge is 2.19. The third kappa shape index (κ3) is 8.00. The molecule has 1 fully saturated rings. The lowest BCUT2D eigenvalue weighted by molar-refractivity contribution is 0.181. The van der Waals surface area contributed by atoms with Crippen LogP contribution in [-0.4, -0.2) is 56.9 Å². The Labute approximate surface area is 173 Å². The molecule has 0 amide bonds. The quantitative estimate of drug-likeness (QED) is 0.367. The van der Waals surface area contributed by atoms with Gasteiger partial charge in [0, 0.05) is 37.7 Å². The average Bonchev–Trinajstić information content (AvgIpc) is 3.04. The lowest BCUT2D eigenvalue weighted by atomic mass is 10.1. The summed E-state index contributed by atoms with van der Waals surface area (Å²) < 4.78 is 11.3. The molecule has 1 aliphatic heterocycles. The Morgan fingerprint density at radius 2 is 2.32 bits per heavy atom. The largest absolute Gasteiger partial charge is 0.489 e. The summed E-state index contributed by atoms with van der Waals surface area (Å²) in [6.07, 6.45) is 1.10. The molecule has 1 saturated heterocycles. The number of hydrogen-bond acceptors (Lipinski definition) is 3. The van der Waals surface area contributed by atoms with Crippen LogP contribution in [0.5, 0.6) is 5.75 Å². The number of rotatable bonds is 7. The monoisotopic (exact) mass is 481 g/mol. The van der Waals surface area contributed by atoms with Gasteiger partial charge in [0.25, 0.3) is 0 Å². The van der Waals surface area contributed by atoms with Crippen LogP contribution in [0.25, 0.3) is 0 Å². The number of halogens is 2. The van der Waals surface area contributed by atoms with Crippen molar-refractivity contribution in [1.29, 1.82) is 0 Å². The summed E-state index contributed by atoms with van der Waals surface area (Å²) in [6, 6.07) is 7.44. The minimum absolute atomic E-state index is 0. The maximum Gasteiger partial charge on any atom is 0.193 e. The molecule has 0 aromatic heterocycles. The van der Waals surface area contributed by atoms with E-state index < -0.39 is 0 Å². The third-order valence-electron chi connectivity index (χ3n) is 3.88. The van der Waals surface area contributed by atoms with Crippen LogP contribution >= 0.6 is 35.6 Å². The summed E-state index contributed by atoms with van der Waals surface area (Å²) in [5.41, 5.74) is 0. The van der Waals surface area contributed by atoms with Crippen LogP contribution in [0.3, 0.4) is 0 Å². The van der Waals surface area contributed by atoms with Gasteiger partial charge in [-0.1, -0.05) is 17.7 Å². The van der Waals surface area contributed by atoms with Crippen molar-refractivity contribution >= 4 is 41.5 Å². The lowest BCUT2D eigenvalue weighted by Gasteiger charge is -2.25. The molecular formula is C18H29ClIN3O2. The van der Waals surface area contributed by atoms with Gasteiger partial charge in [-0.3, -0.25) is 0 Å². The van der Waals surface area contributed by atoms with Crippen LogP contribution in [0.4, 0.5) is 0 Å². The zero-order valence-electron chi connectivity index (χ0n) is 15.2. The van der Waals surface area contributed by atoms with Crippen molar-refractivity contribution < 1.29 is 9.47 Å². The molecule has 1 heterocycles. The van der Waals surface area contributed by atoms with E-state index in [2.05, 4.69) is 24.2 Å². The molecule has 1 aliphatic rings. The normalized spacial score (nSPS) is 18.4. The number of hydrogen-bond donors (Lipinski definition) is 1. The first-order valence-electron chi connectivity index (χ1n) is 8.58. The molecule has 2 atom stereocenters. The molecule has 1 aromatic rings. The average molecular weight is 482 g/mol. The highest BCUT2D eigenvalue weighted by atomic mass is 127. The van der Waals surface area contributed by atoms with E-state index in [-0.39, 0.29) is 30.1 Å². The molecule has 0 aliphatic carbocycles. The molecule has 1 N–H and O–H groups in total. The van der Waals surface area contributed by atoms with E-state index in [1.807, 2.05) is 31.2 Å². The van der Waals surface area contributed by atoms with Gasteiger partial charge in [0.1, 0.15) is 11.9 Å². The second-order valence-corrected chi connectivity index (χ2v) is 6.63. The number of benzene rings is 1. The maximum absolute atomic E-state index is 5.99. The highest BCUT2D eigenvalue weighted by molar-refractivity contribution is 14.0. The number of nitrogens with one attached hydrogen (secondary N) is 1. The molecule has 2 unspecified atom stereocenters. The van der Waals surface area contributed by atoms with Crippen LogP contribution in [-0.2, 0) is 4.74 Å². The fourth-order valence-electron chi connectivity index (χ4n) is 2.70. The summed E-state index contributed by atoms with van der Waals surface area (Å²) >= 11 is 5.99. The van der Waals surface area contributed by atoms with Gasteiger partial charge < -0.3 is 19.7 Å². The van der Waals surface area contributed by atoms with E-state index in [0.717, 1.165) is 44.4 Å². The molecule has 2 rings (SSSR count). The fourth-order valence-corrected chi connectivity index (χ4v) is 2.88. The molecule has 25 heavy (non-hydrogen) atoms. The Balaban J connectivity index is 0.00000312. The minimum atomic E-state index is -0.0275. The zero-order valence-corrected chi connectivity index (χ0v) is 18.3. The Morgan fingerprint density at radius 1 is 1.52 bits per heavy atom. The van der Waals surface area contributed by atoms with Crippen molar-refractivity contribution in [3.63, 3.8) is 0 Å². The smallest absolute Gasteiger partial charge is 0.193 e. The van der Waals surface area contributed by atoms with Gasteiger partial charge >= 0.3 is 0 Å². The van der Waals surface area contributed by atoms with Crippen LogP contribution in [0, 0.1) is 5.92 Å². The van der Waals surface area contributed by atoms with Crippen LogP contribution in [0.1, 0.15) is 20.3 Å². The van der Waals surface area contributed by atoms with Gasteiger partial charge in [0.05, 0.1) is 13.2 Å². The van der Waals surface area contributed by atoms with Crippen molar-refractivity contribution in [2.24, 2.45) is 10.9 Å². The molecular weight excluding hydrogens is 453 g/mol. The number of aliphatic imine (C=N–C) groups is 1. The van der Waals surface area contributed by atoms with Gasteiger partial charge in [0.15, 0.2) is 5.96 Å². The fraction of sp³-hybridized carbons (Fsp3) is 0.611.